The Labute approximate surface area is 174 Å². The van der Waals surface area contributed by atoms with Crippen molar-refractivity contribution < 1.29 is 9.47 Å². The number of aromatic nitrogens is 2. The second kappa shape index (κ2) is 10.3. The molecule has 1 N–H and O–H groups in total. The number of aryl methyl sites for hydroxylation is 2. The monoisotopic (exact) mass is 443 g/mol. The number of benzene rings is 2. The summed E-state index contributed by atoms with van der Waals surface area (Å²) in [5.74, 6) is 1.46. The van der Waals surface area contributed by atoms with Gasteiger partial charge in [-0.15, -0.1) is 0 Å². The van der Waals surface area contributed by atoms with Crippen LogP contribution in [0.25, 0.3) is 0 Å². The highest BCUT2D eigenvalue weighted by Gasteiger charge is 2.12. The highest BCUT2D eigenvalue weighted by atomic mass is 79.9. The summed E-state index contributed by atoms with van der Waals surface area (Å²) in [4.78, 5) is 4.06. The van der Waals surface area contributed by atoms with Crippen molar-refractivity contribution in [2.75, 3.05) is 13.7 Å². The molecule has 0 amide bonds. The Morgan fingerprint density at radius 2 is 1.96 bits per heavy atom. The topological polar surface area (TPSA) is 48.3 Å². The molecule has 0 radical (unpaired) electrons. The van der Waals surface area contributed by atoms with E-state index in [1.165, 1.54) is 5.56 Å². The first kappa shape index (κ1) is 20.4. The molecule has 0 aliphatic carbocycles. The van der Waals surface area contributed by atoms with Gasteiger partial charge in [0.05, 0.1) is 17.9 Å². The molecule has 0 unspecified atom stereocenters. The van der Waals surface area contributed by atoms with Crippen LogP contribution in [0.15, 0.2) is 59.6 Å². The molecule has 148 valence electrons. The number of nitrogens with zero attached hydrogens (tertiary/aromatic N) is 2. The summed E-state index contributed by atoms with van der Waals surface area (Å²) < 4.78 is 14.6. The lowest BCUT2D eigenvalue weighted by Crippen LogP contribution is -2.16. The maximum Gasteiger partial charge on any atom is 0.175 e. The summed E-state index contributed by atoms with van der Waals surface area (Å²) in [6.45, 7) is 5.25. The molecule has 0 saturated carbocycles. The van der Waals surface area contributed by atoms with E-state index < -0.39 is 0 Å². The van der Waals surface area contributed by atoms with Crippen LogP contribution >= 0.6 is 15.9 Å². The van der Waals surface area contributed by atoms with Gasteiger partial charge in [0.1, 0.15) is 6.61 Å². The lowest BCUT2D eigenvalue weighted by atomic mass is 10.1. The zero-order valence-corrected chi connectivity index (χ0v) is 17.9. The minimum Gasteiger partial charge on any atom is -0.493 e. The summed E-state index contributed by atoms with van der Waals surface area (Å²) in [6.07, 6.45) is 6.68. The van der Waals surface area contributed by atoms with E-state index in [4.69, 9.17) is 9.47 Å². The quantitative estimate of drug-likeness (QED) is 0.460. The molecular formula is C22H26BrN3O2. The van der Waals surface area contributed by atoms with Gasteiger partial charge in [0.15, 0.2) is 11.5 Å². The number of methoxy groups -OCH3 is 1. The van der Waals surface area contributed by atoms with Gasteiger partial charge in [-0.1, -0.05) is 29.8 Å². The zero-order chi connectivity index (χ0) is 19.8. The van der Waals surface area contributed by atoms with Gasteiger partial charge in [-0.05, 0) is 59.1 Å². The molecule has 0 fully saturated rings. The molecule has 0 aliphatic heterocycles. The smallest absolute Gasteiger partial charge is 0.175 e. The maximum atomic E-state index is 6.02. The van der Waals surface area contributed by atoms with Crippen molar-refractivity contribution in [2.24, 2.45) is 0 Å². The molecule has 5 nitrogen and oxygen atoms in total. The Hall–Kier alpha value is -2.31. The van der Waals surface area contributed by atoms with E-state index in [2.05, 4.69) is 68.1 Å². The van der Waals surface area contributed by atoms with Crippen molar-refractivity contribution in [1.82, 2.24) is 14.9 Å². The van der Waals surface area contributed by atoms with Crippen molar-refractivity contribution in [3.63, 3.8) is 0 Å². The SMILES string of the molecule is COc1cc(CNCCCn2ccnc2)cc(Br)c1OCc1ccc(C)cc1. The van der Waals surface area contributed by atoms with Crippen molar-refractivity contribution in [1.29, 1.82) is 0 Å². The van der Waals surface area contributed by atoms with Crippen LogP contribution in [0.2, 0.25) is 0 Å². The lowest BCUT2D eigenvalue weighted by molar-refractivity contribution is 0.282. The second-order valence-corrected chi connectivity index (χ2v) is 7.57. The molecule has 2 aromatic carbocycles. The first-order valence-corrected chi connectivity index (χ1v) is 10.2. The van der Waals surface area contributed by atoms with Crippen LogP contribution in [0.4, 0.5) is 0 Å². The fraction of sp³-hybridized carbons (Fsp3) is 0.318. The van der Waals surface area contributed by atoms with E-state index in [1.807, 2.05) is 18.6 Å². The minimum absolute atomic E-state index is 0.501. The molecule has 0 saturated heterocycles. The van der Waals surface area contributed by atoms with Gasteiger partial charge in [0.25, 0.3) is 0 Å². The number of imidazole rings is 1. The largest absolute Gasteiger partial charge is 0.493 e. The Balaban J connectivity index is 1.53. The normalized spacial score (nSPS) is 10.8. The van der Waals surface area contributed by atoms with Crippen LogP contribution in [0.3, 0.4) is 0 Å². The molecule has 1 heterocycles. The molecule has 0 aliphatic rings. The summed E-state index contributed by atoms with van der Waals surface area (Å²) in [6, 6.07) is 12.4. The lowest BCUT2D eigenvalue weighted by Gasteiger charge is -2.15. The third-order valence-corrected chi connectivity index (χ3v) is 5.04. The van der Waals surface area contributed by atoms with Crippen LogP contribution in [0.1, 0.15) is 23.1 Å². The van der Waals surface area contributed by atoms with Crippen LogP contribution in [0.5, 0.6) is 11.5 Å². The van der Waals surface area contributed by atoms with Gasteiger partial charge in [-0.25, -0.2) is 4.98 Å². The van der Waals surface area contributed by atoms with Gasteiger partial charge in [0.2, 0.25) is 0 Å². The van der Waals surface area contributed by atoms with E-state index in [0.717, 1.165) is 53.2 Å². The average Bonchev–Trinajstić information content (AvgIpc) is 3.21. The molecule has 3 rings (SSSR count). The third-order valence-electron chi connectivity index (χ3n) is 4.45. The number of nitrogens with one attached hydrogen (secondary N) is 1. The molecule has 0 spiro atoms. The fourth-order valence-electron chi connectivity index (χ4n) is 2.89. The van der Waals surface area contributed by atoms with E-state index >= 15 is 0 Å². The highest BCUT2D eigenvalue weighted by Crippen LogP contribution is 2.37. The Morgan fingerprint density at radius 3 is 2.68 bits per heavy atom. The fourth-order valence-corrected chi connectivity index (χ4v) is 3.50. The average molecular weight is 444 g/mol. The van der Waals surface area contributed by atoms with Crippen LogP contribution in [-0.4, -0.2) is 23.2 Å². The van der Waals surface area contributed by atoms with Crippen LogP contribution < -0.4 is 14.8 Å². The number of halogens is 1. The van der Waals surface area contributed by atoms with E-state index in [-0.39, 0.29) is 0 Å². The Bertz CT molecular complexity index is 864. The first-order chi connectivity index (χ1) is 13.7. The van der Waals surface area contributed by atoms with Crippen molar-refractivity contribution >= 4 is 15.9 Å². The Kier molecular flexibility index (Phi) is 7.51. The summed E-state index contributed by atoms with van der Waals surface area (Å²) in [7, 11) is 1.67. The molecule has 6 heteroatoms. The standard InChI is InChI=1S/C22H26BrN3O2/c1-17-4-6-18(7-5-17)15-28-22-20(23)12-19(13-21(22)27-2)14-24-8-3-10-26-11-9-25-16-26/h4-7,9,11-13,16,24H,3,8,10,14-15H2,1-2H3. The number of ether oxygens (including phenoxy) is 2. The number of rotatable bonds is 10. The predicted octanol–water partition coefficient (Wildman–Crippen LogP) is 4.72. The molecule has 1 aromatic heterocycles. The van der Waals surface area contributed by atoms with Gasteiger partial charge < -0.3 is 19.4 Å². The predicted molar refractivity (Wildman–Crippen MR) is 115 cm³/mol. The number of hydrogen-bond acceptors (Lipinski definition) is 4. The molecule has 0 atom stereocenters. The van der Waals surface area contributed by atoms with E-state index in [1.54, 1.807) is 13.3 Å². The molecule has 0 bridgehead atoms. The second-order valence-electron chi connectivity index (χ2n) is 6.71. The van der Waals surface area contributed by atoms with Gasteiger partial charge in [-0.2, -0.15) is 0 Å². The van der Waals surface area contributed by atoms with Crippen LogP contribution in [-0.2, 0) is 19.7 Å². The number of hydrogen-bond donors (Lipinski definition) is 1. The highest BCUT2D eigenvalue weighted by molar-refractivity contribution is 9.10. The third kappa shape index (κ3) is 5.84. The van der Waals surface area contributed by atoms with Crippen molar-refractivity contribution in [2.45, 2.75) is 33.0 Å². The van der Waals surface area contributed by atoms with Gasteiger partial charge in [-0.3, -0.25) is 0 Å². The van der Waals surface area contributed by atoms with Crippen molar-refractivity contribution in [3.8, 4) is 11.5 Å². The van der Waals surface area contributed by atoms with Gasteiger partial charge >= 0.3 is 0 Å². The molecular weight excluding hydrogens is 418 g/mol. The maximum absolute atomic E-state index is 6.02. The van der Waals surface area contributed by atoms with E-state index in [0.29, 0.717) is 6.61 Å². The Morgan fingerprint density at radius 1 is 1.14 bits per heavy atom. The molecule has 28 heavy (non-hydrogen) atoms. The zero-order valence-electron chi connectivity index (χ0n) is 16.3. The van der Waals surface area contributed by atoms with Crippen molar-refractivity contribution in [3.05, 3.63) is 76.3 Å². The van der Waals surface area contributed by atoms with Gasteiger partial charge in [0, 0.05) is 25.5 Å². The van der Waals surface area contributed by atoms with E-state index in [9.17, 15) is 0 Å². The summed E-state index contributed by atoms with van der Waals surface area (Å²) >= 11 is 3.63. The molecule has 3 aromatic rings. The minimum atomic E-state index is 0.501. The first-order valence-electron chi connectivity index (χ1n) is 9.37. The van der Waals surface area contributed by atoms with Crippen LogP contribution in [0, 0.1) is 6.92 Å². The summed E-state index contributed by atoms with van der Waals surface area (Å²) in [5.41, 5.74) is 3.52. The summed E-state index contributed by atoms with van der Waals surface area (Å²) in [5, 5.41) is 3.47.